The van der Waals surface area contributed by atoms with Crippen LogP contribution < -0.4 is 4.90 Å². The van der Waals surface area contributed by atoms with Gasteiger partial charge in [0.25, 0.3) is 0 Å². The van der Waals surface area contributed by atoms with Crippen LogP contribution in [0.4, 0.5) is 16.2 Å². The van der Waals surface area contributed by atoms with Crippen molar-refractivity contribution in [1.82, 2.24) is 4.90 Å². The molecule has 150 valence electrons. The molecule has 3 aromatic rings. The predicted molar refractivity (Wildman–Crippen MR) is 122 cm³/mol. The Morgan fingerprint density at radius 3 is 2.03 bits per heavy atom. The highest BCUT2D eigenvalue weighted by Crippen LogP contribution is 2.28. The van der Waals surface area contributed by atoms with E-state index in [1.165, 1.54) is 5.56 Å². The number of aryl methyl sites for hydroxylation is 1. The second kappa shape index (κ2) is 10.5. The van der Waals surface area contributed by atoms with Crippen LogP contribution in [0.5, 0.6) is 0 Å². The highest BCUT2D eigenvalue weighted by Gasteiger charge is 2.24. The molecule has 0 radical (unpaired) electrons. The van der Waals surface area contributed by atoms with Gasteiger partial charge in [0.05, 0.1) is 11.4 Å². The molecule has 0 saturated heterocycles. The van der Waals surface area contributed by atoms with Crippen molar-refractivity contribution >= 4 is 17.4 Å². The zero-order valence-corrected chi connectivity index (χ0v) is 17.4. The summed E-state index contributed by atoms with van der Waals surface area (Å²) in [5.41, 5.74) is 4.17. The number of hydrogen-bond acceptors (Lipinski definition) is 1. The second-order valence-electron chi connectivity index (χ2n) is 7.24. The third-order valence-corrected chi connectivity index (χ3v) is 5.05. The van der Waals surface area contributed by atoms with Gasteiger partial charge in [0.15, 0.2) is 0 Å². The molecule has 3 aromatic carbocycles. The van der Waals surface area contributed by atoms with Crippen molar-refractivity contribution in [1.29, 1.82) is 0 Å². The van der Waals surface area contributed by atoms with E-state index < -0.39 is 0 Å². The van der Waals surface area contributed by atoms with E-state index in [0.717, 1.165) is 42.7 Å². The summed E-state index contributed by atoms with van der Waals surface area (Å²) in [6, 6.07) is 28.4. The molecule has 0 heterocycles. The van der Waals surface area contributed by atoms with Crippen molar-refractivity contribution in [2.75, 3.05) is 11.4 Å². The Morgan fingerprint density at radius 2 is 1.38 bits per heavy atom. The van der Waals surface area contributed by atoms with Crippen molar-refractivity contribution in [3.8, 4) is 0 Å². The van der Waals surface area contributed by atoms with Crippen LogP contribution in [0.2, 0.25) is 0 Å². The Labute approximate surface area is 174 Å². The summed E-state index contributed by atoms with van der Waals surface area (Å²) in [5.74, 6) is 0. The molecule has 0 atom stereocenters. The zero-order chi connectivity index (χ0) is 20.5. The molecule has 3 heteroatoms. The number of nitrogens with zero attached hydrogens (tertiary/aromatic N) is 2. The lowest BCUT2D eigenvalue weighted by Crippen LogP contribution is -2.41. The van der Waals surface area contributed by atoms with E-state index in [-0.39, 0.29) is 6.03 Å². The van der Waals surface area contributed by atoms with Gasteiger partial charge in [-0.25, -0.2) is 4.79 Å². The normalized spacial score (nSPS) is 10.6. The molecule has 0 spiro atoms. The summed E-state index contributed by atoms with van der Waals surface area (Å²) in [6.45, 7) is 5.64. The molecule has 0 aliphatic rings. The van der Waals surface area contributed by atoms with Crippen molar-refractivity contribution in [3.05, 3.63) is 96.1 Å². The maximum atomic E-state index is 13.8. The van der Waals surface area contributed by atoms with E-state index in [2.05, 4.69) is 38.1 Å². The summed E-state index contributed by atoms with van der Waals surface area (Å²) in [6.07, 6.45) is 2.97. The lowest BCUT2D eigenvalue weighted by atomic mass is 10.1. The van der Waals surface area contributed by atoms with Gasteiger partial charge < -0.3 is 4.90 Å². The maximum absolute atomic E-state index is 13.8. The summed E-state index contributed by atoms with van der Waals surface area (Å²) < 4.78 is 0. The lowest BCUT2D eigenvalue weighted by molar-refractivity contribution is 0.203. The van der Waals surface area contributed by atoms with E-state index in [9.17, 15) is 4.79 Å². The largest absolute Gasteiger partial charge is 0.329 e. The molecule has 0 aromatic heterocycles. The number of benzene rings is 3. The van der Waals surface area contributed by atoms with Crippen LogP contribution >= 0.6 is 0 Å². The number of carbonyl (C=O) groups excluding carboxylic acids is 1. The monoisotopic (exact) mass is 386 g/mol. The molecule has 29 heavy (non-hydrogen) atoms. The molecule has 0 bridgehead atoms. The average molecular weight is 387 g/mol. The van der Waals surface area contributed by atoms with Gasteiger partial charge in [-0.05, 0) is 48.2 Å². The van der Waals surface area contributed by atoms with Crippen LogP contribution in [0.3, 0.4) is 0 Å². The summed E-state index contributed by atoms with van der Waals surface area (Å²) in [4.78, 5) is 17.6. The molecule has 2 amide bonds. The first-order valence-electron chi connectivity index (χ1n) is 10.5. The van der Waals surface area contributed by atoms with Crippen molar-refractivity contribution in [3.63, 3.8) is 0 Å². The Balaban J connectivity index is 1.98. The smallest absolute Gasteiger partial charge is 0.320 e. The molecule has 0 aliphatic heterocycles. The van der Waals surface area contributed by atoms with Crippen LogP contribution in [-0.4, -0.2) is 17.5 Å². The number of urea groups is 1. The molecule has 0 unspecified atom stereocenters. The summed E-state index contributed by atoms with van der Waals surface area (Å²) in [7, 11) is 0. The number of amides is 2. The first-order valence-corrected chi connectivity index (χ1v) is 10.5. The molecule has 3 rings (SSSR count). The van der Waals surface area contributed by atoms with Crippen LogP contribution in [0.15, 0.2) is 84.9 Å². The van der Waals surface area contributed by atoms with Crippen LogP contribution in [0.25, 0.3) is 0 Å². The van der Waals surface area contributed by atoms with E-state index >= 15 is 0 Å². The van der Waals surface area contributed by atoms with E-state index in [1.54, 1.807) is 0 Å². The fraction of sp³-hybridized carbons (Fsp3) is 0.269. The topological polar surface area (TPSA) is 23.6 Å². The fourth-order valence-electron chi connectivity index (χ4n) is 3.40. The van der Waals surface area contributed by atoms with Crippen LogP contribution in [0, 0.1) is 0 Å². The molecule has 0 saturated carbocycles. The quantitative estimate of drug-likeness (QED) is 0.417. The van der Waals surface area contributed by atoms with Gasteiger partial charge in [-0.15, -0.1) is 0 Å². The minimum atomic E-state index is 0.0155. The van der Waals surface area contributed by atoms with Gasteiger partial charge in [0.1, 0.15) is 0 Å². The SMILES string of the molecule is CCCCN(Cc1ccccc1)C(=O)N(c1ccccc1)c1cccc(CC)c1. The number of unbranched alkanes of at least 4 members (excludes halogenated alkanes) is 1. The van der Waals surface area contributed by atoms with Gasteiger partial charge in [-0.2, -0.15) is 0 Å². The Kier molecular flexibility index (Phi) is 7.46. The van der Waals surface area contributed by atoms with Gasteiger partial charge in [0.2, 0.25) is 0 Å². The summed E-state index contributed by atoms with van der Waals surface area (Å²) in [5, 5.41) is 0. The van der Waals surface area contributed by atoms with Crippen molar-refractivity contribution < 1.29 is 4.79 Å². The van der Waals surface area contributed by atoms with Gasteiger partial charge in [-0.1, -0.05) is 80.9 Å². The number of carbonyl (C=O) groups is 1. The molecule has 0 fully saturated rings. The fourth-order valence-corrected chi connectivity index (χ4v) is 3.40. The Hall–Kier alpha value is -3.07. The number of para-hydroxylation sites is 1. The van der Waals surface area contributed by atoms with Gasteiger partial charge >= 0.3 is 6.03 Å². The van der Waals surface area contributed by atoms with Crippen molar-refractivity contribution in [2.24, 2.45) is 0 Å². The molecular weight excluding hydrogens is 356 g/mol. The van der Waals surface area contributed by atoms with E-state index in [1.807, 2.05) is 70.5 Å². The Morgan fingerprint density at radius 1 is 0.759 bits per heavy atom. The zero-order valence-electron chi connectivity index (χ0n) is 17.4. The van der Waals surface area contributed by atoms with E-state index in [0.29, 0.717) is 6.54 Å². The first-order chi connectivity index (χ1) is 14.2. The third kappa shape index (κ3) is 5.47. The third-order valence-electron chi connectivity index (χ3n) is 5.05. The standard InChI is InChI=1S/C26H30N2O/c1-3-5-19-27(21-23-13-8-6-9-14-23)26(29)28(24-16-10-7-11-17-24)25-18-12-15-22(4-2)20-25/h6-18,20H,3-5,19,21H2,1-2H3. The number of rotatable bonds is 8. The highest BCUT2D eigenvalue weighted by atomic mass is 16.2. The van der Waals surface area contributed by atoms with Crippen LogP contribution in [0.1, 0.15) is 37.8 Å². The minimum absolute atomic E-state index is 0.0155. The van der Waals surface area contributed by atoms with E-state index in [4.69, 9.17) is 0 Å². The molecule has 0 N–H and O–H groups in total. The minimum Gasteiger partial charge on any atom is -0.320 e. The number of hydrogen-bond donors (Lipinski definition) is 0. The van der Waals surface area contributed by atoms with Crippen molar-refractivity contribution in [2.45, 2.75) is 39.7 Å². The molecule has 0 aliphatic carbocycles. The highest BCUT2D eigenvalue weighted by molar-refractivity contribution is 5.99. The Bertz CT molecular complexity index is 893. The van der Waals surface area contributed by atoms with Crippen LogP contribution in [-0.2, 0) is 13.0 Å². The lowest BCUT2D eigenvalue weighted by Gasteiger charge is -2.31. The summed E-state index contributed by atoms with van der Waals surface area (Å²) >= 11 is 0. The first kappa shape index (κ1) is 20.7. The molecular formula is C26H30N2O. The molecule has 3 nitrogen and oxygen atoms in total. The van der Waals surface area contributed by atoms with Gasteiger partial charge in [0, 0.05) is 13.1 Å². The maximum Gasteiger partial charge on any atom is 0.329 e. The average Bonchev–Trinajstić information content (AvgIpc) is 2.78. The second-order valence-corrected chi connectivity index (χ2v) is 7.24. The van der Waals surface area contributed by atoms with Gasteiger partial charge in [-0.3, -0.25) is 4.90 Å². The predicted octanol–water partition coefficient (Wildman–Crippen LogP) is 6.81. The number of anilines is 2.